The summed E-state index contributed by atoms with van der Waals surface area (Å²) >= 11 is 0. The lowest BCUT2D eigenvalue weighted by Crippen LogP contribution is -1.77. The van der Waals surface area contributed by atoms with E-state index in [0.717, 1.165) is 16.7 Å². The maximum Gasteiger partial charge on any atom is 0.0624 e. The summed E-state index contributed by atoms with van der Waals surface area (Å²) in [6.07, 6.45) is 8.20. The lowest BCUT2D eigenvalue weighted by molar-refractivity contribution is 0.342. The first-order chi connectivity index (χ1) is 9.63. The molecule has 2 heteroatoms. The van der Waals surface area contributed by atoms with Crippen LogP contribution in [0.3, 0.4) is 0 Å². The molecule has 0 aliphatic rings. The molecule has 0 atom stereocenters. The third kappa shape index (κ3) is 9.74. The molecular weight excluding hydrogens is 248 g/mol. The van der Waals surface area contributed by atoms with Crippen LogP contribution in [0.15, 0.2) is 53.6 Å². The number of hydrogen-bond acceptors (Lipinski definition) is 2. The van der Waals surface area contributed by atoms with Crippen molar-refractivity contribution in [1.29, 1.82) is 0 Å². The zero-order valence-corrected chi connectivity index (χ0v) is 11.9. The van der Waals surface area contributed by atoms with Crippen LogP contribution in [0.1, 0.15) is 19.4 Å². The molecule has 0 spiro atoms. The van der Waals surface area contributed by atoms with Crippen LogP contribution in [0.2, 0.25) is 0 Å². The molecule has 0 amide bonds. The average molecular weight is 268 g/mol. The second-order valence-corrected chi connectivity index (χ2v) is 3.90. The number of rotatable bonds is 2. The van der Waals surface area contributed by atoms with Gasteiger partial charge in [0.15, 0.2) is 0 Å². The maximum atomic E-state index is 8.59. The van der Waals surface area contributed by atoms with Gasteiger partial charge in [-0.1, -0.05) is 36.0 Å². The fraction of sp³-hybridized carbons (Fsp3) is 0.222. The first kappa shape index (κ1) is 17.7. The summed E-state index contributed by atoms with van der Waals surface area (Å²) in [5, 5.41) is 16.8. The van der Waals surface area contributed by atoms with Crippen molar-refractivity contribution < 1.29 is 10.2 Å². The summed E-state index contributed by atoms with van der Waals surface area (Å²) in [7, 11) is 0. The van der Waals surface area contributed by atoms with E-state index in [1.807, 2.05) is 37.3 Å². The van der Waals surface area contributed by atoms with E-state index in [1.54, 1.807) is 19.1 Å². The van der Waals surface area contributed by atoms with E-state index in [9.17, 15) is 0 Å². The number of aliphatic hydroxyl groups excluding tert-OH is 2. The molecule has 0 bridgehead atoms. The highest BCUT2D eigenvalue weighted by Gasteiger charge is 1.82. The lowest BCUT2D eigenvalue weighted by Gasteiger charge is -1.87. The molecule has 0 radical (unpaired) electrons. The van der Waals surface area contributed by atoms with E-state index < -0.39 is 0 Å². The quantitative estimate of drug-likeness (QED) is 0.809. The predicted molar refractivity (Wildman–Crippen MR) is 83.8 cm³/mol. The SMILES string of the molecule is C#C/C(C)=C/CO.C/C(C#Cc1ccccc1)=C\CO. The zero-order chi connectivity index (χ0) is 15.2. The predicted octanol–water partition coefficient (Wildman–Crippen LogP) is 2.53. The molecule has 0 heterocycles. The van der Waals surface area contributed by atoms with Crippen LogP contribution in [0.25, 0.3) is 0 Å². The number of terminal acetylenes is 1. The standard InChI is InChI=1S/C12H12O.C6H8O/c1-11(9-10-13)7-8-12-5-3-2-4-6-12;1-3-6(2)4-5-7/h2-6,9,13H,10H2,1H3;1,4,7H,5H2,2H3/b11-9+;6-4+. The first-order valence-corrected chi connectivity index (χ1v) is 6.23. The zero-order valence-electron chi connectivity index (χ0n) is 11.9. The molecule has 1 rings (SSSR count). The van der Waals surface area contributed by atoms with Crippen molar-refractivity contribution in [3.05, 3.63) is 59.2 Å². The van der Waals surface area contributed by atoms with Crippen molar-refractivity contribution in [1.82, 2.24) is 0 Å². The minimum Gasteiger partial charge on any atom is -0.392 e. The van der Waals surface area contributed by atoms with Gasteiger partial charge >= 0.3 is 0 Å². The van der Waals surface area contributed by atoms with Crippen molar-refractivity contribution in [2.24, 2.45) is 0 Å². The van der Waals surface area contributed by atoms with Gasteiger partial charge in [0.2, 0.25) is 0 Å². The Labute approximate surface area is 121 Å². The van der Waals surface area contributed by atoms with Gasteiger partial charge in [-0.25, -0.2) is 0 Å². The van der Waals surface area contributed by atoms with E-state index in [1.165, 1.54) is 0 Å². The van der Waals surface area contributed by atoms with Gasteiger partial charge in [-0.05, 0) is 49.3 Å². The number of hydrogen-bond donors (Lipinski definition) is 2. The van der Waals surface area contributed by atoms with Crippen LogP contribution in [0.4, 0.5) is 0 Å². The van der Waals surface area contributed by atoms with Crippen molar-refractivity contribution >= 4 is 0 Å². The summed E-state index contributed by atoms with van der Waals surface area (Å²) < 4.78 is 0. The first-order valence-electron chi connectivity index (χ1n) is 6.23. The molecule has 0 fully saturated rings. The second-order valence-electron chi connectivity index (χ2n) is 3.90. The van der Waals surface area contributed by atoms with Crippen molar-refractivity contribution in [2.45, 2.75) is 13.8 Å². The smallest absolute Gasteiger partial charge is 0.0624 e. The normalized spacial score (nSPS) is 10.6. The van der Waals surface area contributed by atoms with Gasteiger partial charge in [0, 0.05) is 5.56 Å². The highest BCUT2D eigenvalue weighted by Crippen LogP contribution is 1.96. The minimum absolute atomic E-state index is 0.0377. The van der Waals surface area contributed by atoms with Gasteiger partial charge < -0.3 is 10.2 Å². The van der Waals surface area contributed by atoms with Crippen molar-refractivity contribution in [3.63, 3.8) is 0 Å². The van der Waals surface area contributed by atoms with Crippen LogP contribution in [-0.4, -0.2) is 23.4 Å². The molecule has 1 aromatic carbocycles. The van der Waals surface area contributed by atoms with E-state index >= 15 is 0 Å². The van der Waals surface area contributed by atoms with Crippen LogP contribution in [-0.2, 0) is 0 Å². The molecular formula is C18H20O2. The third-order valence-electron chi connectivity index (χ3n) is 2.20. The second kappa shape index (κ2) is 11.8. The summed E-state index contributed by atoms with van der Waals surface area (Å²) in [5.41, 5.74) is 2.67. The fourth-order valence-electron chi connectivity index (χ4n) is 1.08. The summed E-state index contributed by atoms with van der Waals surface area (Å²) in [6, 6.07) is 9.78. The molecule has 0 unspecified atom stereocenters. The molecule has 0 aromatic heterocycles. The Bertz CT molecular complexity index is 534. The highest BCUT2D eigenvalue weighted by atomic mass is 16.3. The van der Waals surface area contributed by atoms with E-state index in [4.69, 9.17) is 16.6 Å². The lowest BCUT2D eigenvalue weighted by atomic mass is 10.2. The summed E-state index contributed by atoms with van der Waals surface area (Å²) in [4.78, 5) is 0. The molecule has 2 nitrogen and oxygen atoms in total. The van der Waals surface area contributed by atoms with E-state index in [-0.39, 0.29) is 13.2 Å². The molecule has 0 saturated carbocycles. The van der Waals surface area contributed by atoms with E-state index in [0.29, 0.717) is 0 Å². The van der Waals surface area contributed by atoms with Gasteiger partial charge in [0.25, 0.3) is 0 Å². The topological polar surface area (TPSA) is 40.5 Å². The van der Waals surface area contributed by atoms with Crippen LogP contribution < -0.4 is 0 Å². The van der Waals surface area contributed by atoms with Gasteiger partial charge in [-0.15, -0.1) is 6.42 Å². The van der Waals surface area contributed by atoms with Gasteiger partial charge in [-0.2, -0.15) is 0 Å². The Morgan fingerprint density at radius 2 is 1.60 bits per heavy atom. The fourth-order valence-corrected chi connectivity index (χ4v) is 1.08. The van der Waals surface area contributed by atoms with Gasteiger partial charge in [-0.3, -0.25) is 0 Å². The monoisotopic (exact) mass is 268 g/mol. The molecule has 0 aliphatic carbocycles. The number of benzene rings is 1. The Morgan fingerprint density at radius 1 is 1.05 bits per heavy atom. The minimum atomic E-state index is 0.0377. The molecule has 0 saturated heterocycles. The van der Waals surface area contributed by atoms with Crippen LogP contribution >= 0.6 is 0 Å². The number of allylic oxidation sites excluding steroid dienone is 2. The molecule has 2 N–H and O–H groups in total. The Kier molecular flexibility index (Phi) is 10.5. The molecule has 1 aromatic rings. The van der Waals surface area contributed by atoms with Crippen LogP contribution in [0.5, 0.6) is 0 Å². The van der Waals surface area contributed by atoms with Crippen molar-refractivity contribution in [2.75, 3.05) is 13.2 Å². The van der Waals surface area contributed by atoms with Gasteiger partial charge in [0.05, 0.1) is 13.2 Å². The highest BCUT2D eigenvalue weighted by molar-refractivity contribution is 5.39. The van der Waals surface area contributed by atoms with Crippen molar-refractivity contribution in [3.8, 4) is 24.2 Å². The molecule has 104 valence electrons. The van der Waals surface area contributed by atoms with Gasteiger partial charge in [0.1, 0.15) is 0 Å². The largest absolute Gasteiger partial charge is 0.392 e. The molecule has 0 aliphatic heterocycles. The maximum absolute atomic E-state index is 8.59. The summed E-state index contributed by atoms with van der Waals surface area (Å²) in [6.45, 7) is 3.74. The summed E-state index contributed by atoms with van der Waals surface area (Å²) in [5.74, 6) is 8.32. The number of aliphatic hydroxyl groups is 2. The average Bonchev–Trinajstić information content (AvgIpc) is 2.47. The van der Waals surface area contributed by atoms with Crippen LogP contribution in [0, 0.1) is 24.2 Å². The Balaban J connectivity index is 0.000000441. The van der Waals surface area contributed by atoms with E-state index in [2.05, 4.69) is 17.8 Å². The Hall–Kier alpha value is -2.26. The Morgan fingerprint density at radius 3 is 2.05 bits per heavy atom. The third-order valence-corrected chi connectivity index (χ3v) is 2.20. The molecule has 20 heavy (non-hydrogen) atoms.